The maximum absolute atomic E-state index is 4.62. The number of nitrogens with zero attached hydrogens (tertiary/aromatic N) is 2. The summed E-state index contributed by atoms with van der Waals surface area (Å²) >= 11 is 0. The number of anilines is 1. The molecule has 4 heteroatoms. The Morgan fingerprint density at radius 1 is 0.788 bits per heavy atom. The molecule has 2 N–H and O–H groups in total. The van der Waals surface area contributed by atoms with E-state index < -0.39 is 0 Å². The Labute approximate surface area is 198 Å². The van der Waals surface area contributed by atoms with Gasteiger partial charge in [-0.1, -0.05) is 31.2 Å². The summed E-state index contributed by atoms with van der Waals surface area (Å²) in [7, 11) is 0. The van der Waals surface area contributed by atoms with E-state index >= 15 is 0 Å². The van der Waals surface area contributed by atoms with Crippen LogP contribution in [0.3, 0.4) is 0 Å². The lowest BCUT2D eigenvalue weighted by Gasteiger charge is -2.38. The van der Waals surface area contributed by atoms with Gasteiger partial charge >= 0.3 is 0 Å². The second kappa shape index (κ2) is 9.15. The summed E-state index contributed by atoms with van der Waals surface area (Å²) in [5.41, 5.74) is 6.91. The summed E-state index contributed by atoms with van der Waals surface area (Å²) < 4.78 is 2.64. The molecule has 4 heterocycles. The Kier molecular flexibility index (Phi) is 5.89. The van der Waals surface area contributed by atoms with Gasteiger partial charge in [-0.15, -0.1) is 0 Å². The molecular weight excluding hydrogens is 404 g/mol. The van der Waals surface area contributed by atoms with E-state index in [4.69, 9.17) is 0 Å². The van der Waals surface area contributed by atoms with Crippen molar-refractivity contribution in [2.45, 2.75) is 63.5 Å². The Balaban J connectivity index is 1.58. The molecule has 6 rings (SSSR count). The van der Waals surface area contributed by atoms with Gasteiger partial charge in [-0.2, -0.15) is 0 Å². The molecule has 4 nitrogen and oxygen atoms in total. The zero-order chi connectivity index (χ0) is 22.2. The highest BCUT2D eigenvalue weighted by atomic mass is 15.2. The topological polar surface area (TPSA) is 32.2 Å². The molecule has 3 aliphatic rings. The fraction of sp³-hybridized carbons (Fsp3) is 0.517. The van der Waals surface area contributed by atoms with Crippen LogP contribution in [0.1, 0.15) is 63.0 Å². The third kappa shape index (κ3) is 3.87. The van der Waals surface area contributed by atoms with Crippen LogP contribution in [0.4, 0.5) is 5.69 Å². The molecule has 0 saturated carbocycles. The second-order valence-electron chi connectivity index (χ2n) is 10.4. The summed E-state index contributed by atoms with van der Waals surface area (Å²) in [4.78, 5) is 2.74. The van der Waals surface area contributed by atoms with Crippen LogP contribution >= 0.6 is 0 Å². The third-order valence-corrected chi connectivity index (χ3v) is 8.24. The number of benzene rings is 2. The molecule has 2 atom stereocenters. The number of hydrogen-bond donors (Lipinski definition) is 2. The lowest BCUT2D eigenvalue weighted by Crippen LogP contribution is -2.46. The van der Waals surface area contributed by atoms with E-state index in [-0.39, 0.29) is 0 Å². The minimum atomic E-state index is 0.516. The molecule has 0 amide bonds. The first-order valence-electron chi connectivity index (χ1n) is 13.2. The highest BCUT2D eigenvalue weighted by Gasteiger charge is 2.27. The maximum atomic E-state index is 4.62. The zero-order valence-electron chi connectivity index (χ0n) is 19.9. The van der Waals surface area contributed by atoms with Crippen molar-refractivity contribution >= 4 is 33.1 Å². The number of fused-ring (bicyclic) bond motifs is 4. The number of hydrogen-bond acceptors (Lipinski definition) is 3. The average molecular weight is 443 g/mol. The fourth-order valence-corrected chi connectivity index (χ4v) is 6.53. The van der Waals surface area contributed by atoms with Crippen LogP contribution in [0, 0.1) is 0 Å². The van der Waals surface area contributed by atoms with Gasteiger partial charge in [-0.3, -0.25) is 0 Å². The number of aromatic nitrogens is 1. The molecule has 33 heavy (non-hydrogen) atoms. The van der Waals surface area contributed by atoms with E-state index in [0.29, 0.717) is 12.1 Å². The summed E-state index contributed by atoms with van der Waals surface area (Å²) in [5, 5.41) is 10.1. The smallest absolute Gasteiger partial charge is 0.0502 e. The van der Waals surface area contributed by atoms with Crippen LogP contribution in [-0.4, -0.2) is 43.3 Å². The van der Waals surface area contributed by atoms with E-state index in [2.05, 4.69) is 63.1 Å². The van der Waals surface area contributed by atoms with Gasteiger partial charge in [0.1, 0.15) is 0 Å². The van der Waals surface area contributed by atoms with Gasteiger partial charge in [0.05, 0.1) is 5.52 Å². The van der Waals surface area contributed by atoms with Crippen LogP contribution in [-0.2, 0) is 0 Å². The maximum Gasteiger partial charge on any atom is 0.0502 e. The quantitative estimate of drug-likeness (QED) is 0.521. The van der Waals surface area contributed by atoms with Gasteiger partial charge in [0.2, 0.25) is 0 Å². The molecule has 3 aliphatic heterocycles. The molecule has 2 unspecified atom stereocenters. The van der Waals surface area contributed by atoms with Crippen LogP contribution in [0.15, 0.2) is 43.0 Å². The lowest BCUT2D eigenvalue weighted by molar-refractivity contribution is 0.386. The van der Waals surface area contributed by atoms with Crippen molar-refractivity contribution in [2.24, 2.45) is 0 Å². The first-order valence-corrected chi connectivity index (χ1v) is 13.2. The highest BCUT2D eigenvalue weighted by molar-refractivity contribution is 6.10. The monoisotopic (exact) mass is 442 g/mol. The van der Waals surface area contributed by atoms with E-state index in [1.54, 1.807) is 0 Å². The largest absolute Gasteiger partial charge is 0.367 e. The average Bonchev–Trinajstić information content (AvgIpc) is 3.22. The van der Waals surface area contributed by atoms with Crippen molar-refractivity contribution in [3.8, 4) is 0 Å². The number of piperidine rings is 2. The van der Waals surface area contributed by atoms with Crippen molar-refractivity contribution < 1.29 is 0 Å². The van der Waals surface area contributed by atoms with Gasteiger partial charge in [-0.25, -0.2) is 0 Å². The van der Waals surface area contributed by atoms with Gasteiger partial charge in [0.25, 0.3) is 0 Å². The molecule has 3 aromatic rings. The number of allylic oxidation sites excluding steroid dienone is 1. The Bertz CT molecular complexity index is 1150. The van der Waals surface area contributed by atoms with Crippen LogP contribution in [0.25, 0.3) is 27.4 Å². The highest BCUT2D eigenvalue weighted by Crippen LogP contribution is 2.41. The van der Waals surface area contributed by atoms with E-state index in [1.165, 1.54) is 83.6 Å². The Morgan fingerprint density at radius 2 is 1.58 bits per heavy atom. The molecule has 1 aromatic heterocycles. The number of para-hydroxylation sites is 1. The van der Waals surface area contributed by atoms with Gasteiger partial charge < -0.3 is 20.1 Å². The summed E-state index contributed by atoms with van der Waals surface area (Å²) in [5.74, 6) is 0. The molecule has 2 saturated heterocycles. The van der Waals surface area contributed by atoms with Gasteiger partial charge in [0, 0.05) is 59.3 Å². The van der Waals surface area contributed by atoms with Gasteiger partial charge in [-0.05, 0) is 81.8 Å². The predicted octanol–water partition coefficient (Wildman–Crippen LogP) is 5.86. The van der Waals surface area contributed by atoms with E-state index in [0.717, 1.165) is 39.1 Å². The molecule has 0 radical (unpaired) electrons. The molecule has 2 aromatic carbocycles. The second-order valence-corrected chi connectivity index (χ2v) is 10.4. The third-order valence-electron chi connectivity index (χ3n) is 8.24. The number of rotatable bonds is 2. The van der Waals surface area contributed by atoms with Crippen LogP contribution < -0.4 is 15.5 Å². The Hall–Kier alpha value is -2.30. The minimum absolute atomic E-state index is 0.516. The molecule has 0 aliphatic carbocycles. The summed E-state index contributed by atoms with van der Waals surface area (Å²) in [6.45, 7) is 10.2. The summed E-state index contributed by atoms with van der Waals surface area (Å²) in [6, 6.07) is 15.2. The van der Waals surface area contributed by atoms with Crippen molar-refractivity contribution in [3.63, 3.8) is 0 Å². The van der Waals surface area contributed by atoms with Crippen LogP contribution in [0.5, 0.6) is 0 Å². The van der Waals surface area contributed by atoms with Crippen molar-refractivity contribution in [3.05, 3.63) is 48.5 Å². The van der Waals surface area contributed by atoms with E-state index in [9.17, 15) is 0 Å². The summed E-state index contributed by atoms with van der Waals surface area (Å²) in [6.07, 6.45) is 9.99. The van der Waals surface area contributed by atoms with Crippen molar-refractivity contribution in [2.75, 3.05) is 37.6 Å². The van der Waals surface area contributed by atoms with Gasteiger partial charge in [0.15, 0.2) is 0 Å². The normalized spacial score (nSPS) is 25.0. The Morgan fingerprint density at radius 3 is 2.36 bits per heavy atom. The predicted molar refractivity (Wildman–Crippen MR) is 141 cm³/mol. The lowest BCUT2D eigenvalue weighted by atomic mass is 9.96. The van der Waals surface area contributed by atoms with E-state index in [1.807, 2.05) is 0 Å². The molecular formula is C29H38N4. The first kappa shape index (κ1) is 21.2. The SMILES string of the molecule is C=C1CCCCCN(C2CCCNC2)c2cc3c4ccccc4n(C4CCCNC4)c3cc21. The molecule has 0 bridgehead atoms. The fourth-order valence-electron chi connectivity index (χ4n) is 6.53. The molecule has 2 fully saturated rings. The van der Waals surface area contributed by atoms with Crippen LogP contribution in [0.2, 0.25) is 0 Å². The molecule has 0 spiro atoms. The standard InChI is InChI=1S/C29H38N4/c1-21-9-3-2-6-16-32(22-10-7-14-30-19-22)28-18-26-24-12-4-5-13-27(24)33(29(26)17-25(21)28)23-11-8-15-31-20-23/h4-5,12-13,17-18,22-23,30-31H,1-3,6-11,14-16,19-20H2. The van der Waals surface area contributed by atoms with Crippen molar-refractivity contribution in [1.29, 1.82) is 0 Å². The molecule has 174 valence electrons. The van der Waals surface area contributed by atoms with Crippen molar-refractivity contribution in [1.82, 2.24) is 15.2 Å². The first-order chi connectivity index (χ1) is 16.3. The number of nitrogens with one attached hydrogen (secondary N) is 2. The zero-order valence-corrected chi connectivity index (χ0v) is 19.9. The minimum Gasteiger partial charge on any atom is -0.367 e.